The molecule has 4 aliphatic rings. The second-order valence-corrected chi connectivity index (χ2v) is 14.1. The van der Waals surface area contributed by atoms with E-state index >= 15 is 0 Å². The van der Waals surface area contributed by atoms with E-state index in [4.69, 9.17) is 12.2 Å². The number of thiocarbonyl (C=S) groups is 1. The van der Waals surface area contributed by atoms with Crippen LogP contribution in [0.2, 0.25) is 0 Å². The fourth-order valence-corrected chi connectivity index (χ4v) is 3.25. The van der Waals surface area contributed by atoms with Crippen molar-refractivity contribution in [1.82, 2.24) is 16.0 Å². The van der Waals surface area contributed by atoms with Gasteiger partial charge in [-0.25, -0.2) is 4.99 Å². The molecule has 3 N–H and O–H groups in total. The number of rotatable bonds is 0. The summed E-state index contributed by atoms with van der Waals surface area (Å²) >= 11 is 4.94. The highest BCUT2D eigenvalue weighted by Gasteiger charge is 2.26. The molecule has 0 saturated carbocycles. The van der Waals surface area contributed by atoms with E-state index in [-0.39, 0.29) is 33.5 Å². The molecule has 218 valence electrons. The number of carbonyl (C=O) groups is 2. The molecular weight excluding hydrogens is 512 g/mol. The molecule has 0 saturated heterocycles. The molecule has 0 unspecified atom stereocenters. The van der Waals surface area contributed by atoms with Crippen LogP contribution in [0.4, 0.5) is 0 Å². The number of nitrogens with one attached hydrogen (secondary N) is 3. The normalized spacial score (nSPS) is 18.6. The van der Waals surface area contributed by atoms with Crippen LogP contribution >= 0.6 is 12.2 Å². The van der Waals surface area contributed by atoms with E-state index in [1.54, 1.807) is 0 Å². The van der Waals surface area contributed by atoms with Crippen molar-refractivity contribution in [3.63, 3.8) is 0 Å². The molecule has 0 radical (unpaired) electrons. The van der Waals surface area contributed by atoms with Crippen molar-refractivity contribution in [2.45, 2.75) is 83.1 Å². The van der Waals surface area contributed by atoms with Crippen LogP contribution in [0.3, 0.4) is 0 Å². The van der Waals surface area contributed by atoms with E-state index in [1.807, 2.05) is 47.8 Å². The molecule has 4 rings (SSSR count). The number of aliphatic imine (C=N–C) groups is 5. The van der Waals surface area contributed by atoms with Gasteiger partial charge < -0.3 is 16.0 Å². The molecule has 0 aromatic rings. The zero-order valence-corrected chi connectivity index (χ0v) is 26.7. The summed E-state index contributed by atoms with van der Waals surface area (Å²) in [5.74, 6) is 3.60. The maximum Gasteiger partial charge on any atom is 0.247 e. The number of nitrogens with zero attached hydrogens (tertiary/aromatic N) is 5. The summed E-state index contributed by atoms with van der Waals surface area (Å²) in [6.07, 6.45) is 1.85. The molecule has 0 spiro atoms. The lowest BCUT2D eigenvalue weighted by Crippen LogP contribution is -2.34. The van der Waals surface area contributed by atoms with Gasteiger partial charge in [0.05, 0.1) is 13.1 Å². The number of hydrogen-bond acceptors (Lipinski definition) is 8. The van der Waals surface area contributed by atoms with Crippen molar-refractivity contribution in [2.75, 3.05) is 26.2 Å². The molecule has 0 fully saturated rings. The van der Waals surface area contributed by atoms with Gasteiger partial charge in [0.2, 0.25) is 11.8 Å². The van der Waals surface area contributed by atoms with E-state index in [0.29, 0.717) is 19.6 Å². The van der Waals surface area contributed by atoms with Crippen molar-refractivity contribution in [2.24, 2.45) is 46.6 Å². The van der Waals surface area contributed by atoms with Gasteiger partial charge in [0, 0.05) is 27.9 Å². The summed E-state index contributed by atoms with van der Waals surface area (Å²) in [7, 11) is 0. The molecule has 0 bridgehead atoms. The first-order valence-electron chi connectivity index (χ1n) is 13.2. The third-order valence-electron chi connectivity index (χ3n) is 5.25. The molecular formula is C28H48N8O2S. The van der Waals surface area contributed by atoms with Crippen LogP contribution in [-0.2, 0) is 9.59 Å². The highest BCUT2D eigenvalue weighted by molar-refractivity contribution is 7.80. The lowest BCUT2D eigenvalue weighted by molar-refractivity contribution is -0.118. The number of amides is 2. The summed E-state index contributed by atoms with van der Waals surface area (Å²) in [4.78, 5) is 42.9. The smallest absolute Gasteiger partial charge is 0.247 e. The number of hydrogen-bond donors (Lipinski definition) is 3. The topological polar surface area (TPSA) is 132 Å². The average molecular weight is 561 g/mol. The largest absolute Gasteiger partial charge is 0.337 e. The Morgan fingerprint density at radius 2 is 0.974 bits per heavy atom. The summed E-state index contributed by atoms with van der Waals surface area (Å²) in [6, 6.07) is 0. The van der Waals surface area contributed by atoms with Gasteiger partial charge in [-0.05, 0) is 0 Å². The highest BCUT2D eigenvalue weighted by Crippen LogP contribution is 2.19. The molecule has 0 aromatic carbocycles. The Morgan fingerprint density at radius 1 is 0.590 bits per heavy atom. The third-order valence-corrected chi connectivity index (χ3v) is 5.49. The van der Waals surface area contributed by atoms with Gasteiger partial charge in [-0.3, -0.25) is 29.6 Å². The van der Waals surface area contributed by atoms with E-state index < -0.39 is 0 Å². The Kier molecular flexibility index (Phi) is 11.8. The second-order valence-electron chi connectivity index (χ2n) is 13.6. The second kappa shape index (κ2) is 13.5. The zero-order chi connectivity index (χ0) is 30.2. The summed E-state index contributed by atoms with van der Waals surface area (Å²) in [5.41, 5.74) is 0.200. The van der Waals surface area contributed by atoms with Gasteiger partial charge in [0.15, 0.2) is 0 Å². The summed E-state index contributed by atoms with van der Waals surface area (Å²) in [6.45, 7) is 26.9. The van der Waals surface area contributed by atoms with E-state index in [0.717, 1.165) is 34.9 Å². The lowest BCUT2D eigenvalue weighted by Gasteiger charge is -2.17. The maximum absolute atomic E-state index is 10.7. The van der Waals surface area contributed by atoms with Gasteiger partial charge in [0.1, 0.15) is 41.4 Å². The highest BCUT2D eigenvalue weighted by atomic mass is 32.1. The minimum Gasteiger partial charge on any atom is -0.337 e. The van der Waals surface area contributed by atoms with Crippen LogP contribution in [-0.4, -0.2) is 72.5 Å². The van der Waals surface area contributed by atoms with Crippen LogP contribution in [0.1, 0.15) is 83.1 Å². The van der Waals surface area contributed by atoms with Crippen LogP contribution in [0.5, 0.6) is 0 Å². The molecule has 10 nitrogen and oxygen atoms in total. The molecule has 0 atom stereocenters. The predicted octanol–water partition coefficient (Wildman–Crippen LogP) is 4.00. The average Bonchev–Trinajstić information content (AvgIpc) is 3.55. The Hall–Kier alpha value is -2.82. The fraction of sp³-hybridized carbons (Fsp3) is 0.714. The summed E-state index contributed by atoms with van der Waals surface area (Å²) < 4.78 is 0. The first-order valence-corrected chi connectivity index (χ1v) is 13.6. The Bertz CT molecular complexity index is 968. The van der Waals surface area contributed by atoms with E-state index in [1.165, 1.54) is 0 Å². The Labute approximate surface area is 239 Å². The van der Waals surface area contributed by atoms with E-state index in [2.05, 4.69) is 82.5 Å². The van der Waals surface area contributed by atoms with Gasteiger partial charge >= 0.3 is 0 Å². The first kappa shape index (κ1) is 34.2. The van der Waals surface area contributed by atoms with Crippen LogP contribution in [0.25, 0.3) is 0 Å². The first-order chi connectivity index (χ1) is 17.6. The van der Waals surface area contributed by atoms with Crippen molar-refractivity contribution < 1.29 is 9.59 Å². The van der Waals surface area contributed by atoms with Crippen molar-refractivity contribution in [1.29, 1.82) is 0 Å². The molecule has 0 aliphatic carbocycles. The van der Waals surface area contributed by atoms with Crippen LogP contribution in [0, 0.1) is 21.7 Å². The molecule has 11 heteroatoms. The summed E-state index contributed by atoms with van der Waals surface area (Å²) in [5, 5.41) is 8.48. The van der Waals surface area contributed by atoms with Crippen LogP contribution in [0.15, 0.2) is 25.0 Å². The fourth-order valence-electron chi connectivity index (χ4n) is 3.09. The quantitative estimate of drug-likeness (QED) is 0.386. The predicted molar refractivity (Wildman–Crippen MR) is 168 cm³/mol. The van der Waals surface area contributed by atoms with Crippen molar-refractivity contribution in [3.05, 3.63) is 0 Å². The Morgan fingerprint density at radius 3 is 1.13 bits per heavy atom. The number of carbonyl (C=O) groups excluding carboxylic acids is 2. The molecule has 2 amide bonds. The maximum atomic E-state index is 10.7. The molecule has 4 heterocycles. The van der Waals surface area contributed by atoms with Crippen molar-refractivity contribution in [3.8, 4) is 0 Å². The van der Waals surface area contributed by atoms with Gasteiger partial charge in [0.25, 0.3) is 0 Å². The third kappa shape index (κ3) is 12.7. The molecule has 39 heavy (non-hydrogen) atoms. The number of amidine groups is 4. The minimum absolute atomic E-state index is 0.00456. The molecule has 4 aliphatic heterocycles. The van der Waals surface area contributed by atoms with Gasteiger partial charge in [-0.2, -0.15) is 0 Å². The Balaban J connectivity index is 0.000000260. The standard InChI is InChI=1S/2C7H12N2O.C7H12N2S.C7H12N2/c3*1-7(2,3)6-8-4-5(10)9-6;1-7(2,3)6-8-4-5-9-6/h3*4H2,1-3H3,(H,8,9,10);4H,5H2,1-3H3. The molecule has 0 aromatic heterocycles. The SMILES string of the molecule is CC(C)(C)C1=NCC(=O)N1.CC(C)(C)C1=NCC(=O)N1.CC(C)(C)C1=NCC(=S)N1.CC(C)(C)C1=NCC=N1. The minimum atomic E-state index is -0.0217. The monoisotopic (exact) mass is 560 g/mol. The van der Waals surface area contributed by atoms with Gasteiger partial charge in [-0.15, -0.1) is 0 Å². The van der Waals surface area contributed by atoms with Crippen LogP contribution < -0.4 is 16.0 Å². The lowest BCUT2D eigenvalue weighted by atomic mass is 9.95. The zero-order valence-electron chi connectivity index (χ0n) is 25.9. The van der Waals surface area contributed by atoms with E-state index in [9.17, 15) is 9.59 Å². The van der Waals surface area contributed by atoms with Crippen molar-refractivity contribution >= 4 is 58.6 Å². The van der Waals surface area contributed by atoms with Gasteiger partial charge in [-0.1, -0.05) is 95.3 Å².